The van der Waals surface area contributed by atoms with E-state index in [4.69, 9.17) is 18.0 Å². The van der Waals surface area contributed by atoms with Gasteiger partial charge in [-0.1, -0.05) is 32.5 Å². The average molecular weight is 279 g/mol. The van der Waals surface area contributed by atoms with Gasteiger partial charge in [0, 0.05) is 11.7 Å². The van der Waals surface area contributed by atoms with Crippen LogP contribution in [0.5, 0.6) is 0 Å². The molecule has 1 aromatic rings. The van der Waals surface area contributed by atoms with Crippen LogP contribution in [0, 0.1) is 19.8 Å². The van der Waals surface area contributed by atoms with Crippen LogP contribution in [0.4, 0.5) is 5.82 Å². The van der Waals surface area contributed by atoms with Crippen molar-refractivity contribution < 1.29 is 0 Å². The normalized spacial score (nSPS) is 13.9. The largest absolute Gasteiger partial charge is 0.389 e. The molecule has 0 fully saturated rings. The number of aryl methyl sites for hydroxylation is 2. The number of nitrogens with zero attached hydrogens (tertiary/aromatic N) is 1. The van der Waals surface area contributed by atoms with Crippen molar-refractivity contribution in [3.63, 3.8) is 0 Å². The van der Waals surface area contributed by atoms with Gasteiger partial charge in [-0.05, 0) is 44.7 Å². The SMILES string of the molecule is CCC(C)CC(C)Nc1nc(C)cc(C)c1C(N)=S. The fraction of sp³-hybridized carbons (Fsp3) is 0.600. The lowest BCUT2D eigenvalue weighted by Crippen LogP contribution is -2.23. The van der Waals surface area contributed by atoms with Gasteiger partial charge in [-0.2, -0.15) is 0 Å². The Kier molecular flexibility index (Phi) is 5.73. The number of pyridine rings is 1. The number of nitrogens with two attached hydrogens (primary N) is 1. The molecule has 0 aromatic carbocycles. The lowest BCUT2D eigenvalue weighted by atomic mass is 10.00. The van der Waals surface area contributed by atoms with Crippen molar-refractivity contribution >= 4 is 23.0 Å². The van der Waals surface area contributed by atoms with Gasteiger partial charge in [0.2, 0.25) is 0 Å². The maximum absolute atomic E-state index is 5.82. The Morgan fingerprint density at radius 3 is 2.58 bits per heavy atom. The first-order valence-electron chi connectivity index (χ1n) is 6.89. The van der Waals surface area contributed by atoms with Gasteiger partial charge < -0.3 is 11.1 Å². The van der Waals surface area contributed by atoms with Crippen LogP contribution in [-0.2, 0) is 0 Å². The smallest absolute Gasteiger partial charge is 0.136 e. The monoisotopic (exact) mass is 279 g/mol. The minimum absolute atomic E-state index is 0.358. The third-order valence-electron chi connectivity index (χ3n) is 3.43. The van der Waals surface area contributed by atoms with Crippen LogP contribution in [0.2, 0.25) is 0 Å². The first kappa shape index (κ1) is 15.9. The quantitative estimate of drug-likeness (QED) is 0.782. The van der Waals surface area contributed by atoms with Crippen LogP contribution < -0.4 is 11.1 Å². The van der Waals surface area contributed by atoms with Gasteiger partial charge in [0.05, 0.1) is 5.56 Å². The van der Waals surface area contributed by atoms with E-state index in [0.29, 0.717) is 16.9 Å². The molecule has 4 heteroatoms. The van der Waals surface area contributed by atoms with E-state index in [-0.39, 0.29) is 0 Å². The third kappa shape index (κ3) is 4.46. The molecule has 0 bridgehead atoms. The van der Waals surface area contributed by atoms with Crippen molar-refractivity contribution in [3.8, 4) is 0 Å². The molecule has 2 unspecified atom stereocenters. The summed E-state index contributed by atoms with van der Waals surface area (Å²) in [4.78, 5) is 4.96. The molecule has 3 N–H and O–H groups in total. The highest BCUT2D eigenvalue weighted by molar-refractivity contribution is 7.80. The first-order valence-corrected chi connectivity index (χ1v) is 7.30. The van der Waals surface area contributed by atoms with Crippen LogP contribution in [-0.4, -0.2) is 16.0 Å². The number of nitrogens with one attached hydrogen (secondary N) is 1. The van der Waals surface area contributed by atoms with Gasteiger partial charge in [0.15, 0.2) is 0 Å². The van der Waals surface area contributed by atoms with Gasteiger partial charge >= 0.3 is 0 Å². The van der Waals surface area contributed by atoms with E-state index in [1.165, 1.54) is 6.42 Å². The molecule has 1 rings (SSSR count). The fourth-order valence-corrected chi connectivity index (χ4v) is 2.57. The third-order valence-corrected chi connectivity index (χ3v) is 3.63. The molecule has 19 heavy (non-hydrogen) atoms. The van der Waals surface area contributed by atoms with E-state index in [0.717, 1.165) is 29.1 Å². The Morgan fingerprint density at radius 2 is 2.05 bits per heavy atom. The minimum atomic E-state index is 0.358. The van der Waals surface area contributed by atoms with Gasteiger partial charge in [0.25, 0.3) is 0 Å². The van der Waals surface area contributed by atoms with E-state index in [2.05, 4.69) is 31.1 Å². The highest BCUT2D eigenvalue weighted by Crippen LogP contribution is 2.21. The summed E-state index contributed by atoms with van der Waals surface area (Å²) in [5.74, 6) is 1.52. The molecule has 1 aromatic heterocycles. The van der Waals surface area contributed by atoms with Gasteiger partial charge in [0.1, 0.15) is 10.8 Å². The molecule has 3 nitrogen and oxygen atoms in total. The molecule has 0 spiro atoms. The highest BCUT2D eigenvalue weighted by Gasteiger charge is 2.14. The van der Waals surface area contributed by atoms with Crippen molar-refractivity contribution in [1.82, 2.24) is 4.98 Å². The maximum atomic E-state index is 5.82. The summed E-state index contributed by atoms with van der Waals surface area (Å²) < 4.78 is 0. The zero-order valence-corrected chi connectivity index (χ0v) is 13.4. The molecule has 0 radical (unpaired) electrons. The second kappa shape index (κ2) is 6.85. The van der Waals surface area contributed by atoms with Crippen molar-refractivity contribution in [2.45, 2.75) is 53.5 Å². The zero-order chi connectivity index (χ0) is 14.6. The van der Waals surface area contributed by atoms with Crippen LogP contribution in [0.1, 0.15) is 50.4 Å². The number of hydrogen-bond acceptors (Lipinski definition) is 3. The Bertz CT molecular complexity index is 457. The molecule has 106 valence electrons. The summed E-state index contributed by atoms with van der Waals surface area (Å²) in [6.45, 7) is 10.7. The van der Waals surface area contributed by atoms with Crippen LogP contribution >= 0.6 is 12.2 Å². The topological polar surface area (TPSA) is 50.9 Å². The maximum Gasteiger partial charge on any atom is 0.136 e. The summed E-state index contributed by atoms with van der Waals surface area (Å²) >= 11 is 5.14. The van der Waals surface area contributed by atoms with Crippen LogP contribution in [0.25, 0.3) is 0 Å². The van der Waals surface area contributed by atoms with Gasteiger partial charge in [-0.15, -0.1) is 0 Å². The molecule has 0 aliphatic heterocycles. The molecule has 0 saturated heterocycles. The van der Waals surface area contributed by atoms with E-state index in [1.54, 1.807) is 0 Å². The predicted octanol–water partition coefficient (Wildman–Crippen LogP) is 3.57. The lowest BCUT2D eigenvalue weighted by molar-refractivity contribution is 0.483. The fourth-order valence-electron chi connectivity index (χ4n) is 2.31. The number of aromatic nitrogens is 1. The molecule has 0 saturated carbocycles. The number of thiocarbonyl (C=S) groups is 1. The average Bonchev–Trinajstić information content (AvgIpc) is 2.26. The predicted molar refractivity (Wildman–Crippen MR) is 86.8 cm³/mol. The van der Waals surface area contributed by atoms with E-state index < -0.39 is 0 Å². The van der Waals surface area contributed by atoms with Gasteiger partial charge in [-0.3, -0.25) is 0 Å². The van der Waals surface area contributed by atoms with Crippen LogP contribution in [0.15, 0.2) is 6.07 Å². The molecular weight excluding hydrogens is 254 g/mol. The molecule has 0 aliphatic rings. The molecule has 2 atom stereocenters. The molecule has 0 amide bonds. The number of anilines is 1. The summed E-state index contributed by atoms with van der Waals surface area (Å²) in [5.41, 5.74) is 8.76. The summed E-state index contributed by atoms with van der Waals surface area (Å²) in [6.07, 6.45) is 2.30. The highest BCUT2D eigenvalue weighted by atomic mass is 32.1. The van der Waals surface area contributed by atoms with Crippen molar-refractivity contribution in [2.75, 3.05) is 5.32 Å². The van der Waals surface area contributed by atoms with Crippen molar-refractivity contribution in [1.29, 1.82) is 0 Å². The Morgan fingerprint density at radius 1 is 1.42 bits per heavy atom. The first-order chi connectivity index (χ1) is 8.85. The van der Waals surface area contributed by atoms with Crippen molar-refractivity contribution in [2.24, 2.45) is 11.7 Å². The second-order valence-corrected chi connectivity index (χ2v) is 5.90. The van der Waals surface area contributed by atoms with E-state index in [1.807, 2.05) is 19.9 Å². The number of rotatable bonds is 6. The minimum Gasteiger partial charge on any atom is -0.389 e. The second-order valence-electron chi connectivity index (χ2n) is 5.46. The summed E-state index contributed by atoms with van der Waals surface area (Å²) in [6, 6.07) is 2.37. The van der Waals surface area contributed by atoms with Crippen LogP contribution in [0.3, 0.4) is 0 Å². The standard InChI is InChI=1S/C15H25N3S/c1-6-9(2)7-11(4)17-15-13(14(16)19)10(3)8-12(5)18-15/h8-9,11H,6-7H2,1-5H3,(H2,16,19)(H,17,18). The molecule has 1 heterocycles. The Balaban J connectivity index is 2.96. The van der Waals surface area contributed by atoms with E-state index in [9.17, 15) is 0 Å². The zero-order valence-electron chi connectivity index (χ0n) is 12.6. The number of hydrogen-bond donors (Lipinski definition) is 2. The summed E-state index contributed by atoms with van der Waals surface area (Å²) in [5, 5.41) is 3.46. The van der Waals surface area contributed by atoms with Crippen molar-refractivity contribution in [3.05, 3.63) is 22.9 Å². The molecule has 0 aliphatic carbocycles. The Labute approximate surface area is 122 Å². The van der Waals surface area contributed by atoms with E-state index >= 15 is 0 Å². The van der Waals surface area contributed by atoms with Gasteiger partial charge in [-0.25, -0.2) is 4.98 Å². The Hall–Kier alpha value is -1.16. The summed E-state index contributed by atoms with van der Waals surface area (Å²) in [7, 11) is 0. The lowest BCUT2D eigenvalue weighted by Gasteiger charge is -2.21. The molecular formula is C15H25N3S.